The minimum absolute atomic E-state index is 0.359. The van der Waals surface area contributed by atoms with E-state index in [1.165, 1.54) is 0 Å². The van der Waals surface area contributed by atoms with Crippen molar-refractivity contribution < 1.29 is 4.74 Å². The van der Waals surface area contributed by atoms with Gasteiger partial charge in [0.05, 0.1) is 0 Å². The van der Waals surface area contributed by atoms with Crippen molar-refractivity contribution in [3.8, 4) is 5.75 Å². The van der Waals surface area contributed by atoms with Gasteiger partial charge in [0.1, 0.15) is 18.2 Å². The minimum Gasteiger partial charge on any atom is -0.489 e. The normalized spacial score (nSPS) is 17.6. The molecule has 4 rings (SSSR count). The molecule has 0 saturated carbocycles. The smallest absolute Gasteiger partial charge is 0.155 e. The van der Waals surface area contributed by atoms with Crippen molar-refractivity contribution in [1.82, 2.24) is 25.1 Å². The van der Waals surface area contributed by atoms with E-state index in [9.17, 15) is 0 Å². The first-order valence-corrected chi connectivity index (χ1v) is 9.96. The molecule has 1 aliphatic rings. The van der Waals surface area contributed by atoms with Gasteiger partial charge in [-0.05, 0) is 50.6 Å². The zero-order valence-electron chi connectivity index (χ0n) is 15.9. The van der Waals surface area contributed by atoms with Crippen LogP contribution in [-0.2, 0) is 13.2 Å². The van der Waals surface area contributed by atoms with Crippen molar-refractivity contribution in [2.75, 3.05) is 13.1 Å². The van der Waals surface area contributed by atoms with Gasteiger partial charge in [-0.25, -0.2) is 4.98 Å². The van der Waals surface area contributed by atoms with E-state index in [2.05, 4.69) is 25.1 Å². The van der Waals surface area contributed by atoms with E-state index in [4.69, 9.17) is 16.3 Å². The van der Waals surface area contributed by atoms with Gasteiger partial charge < -0.3 is 4.74 Å². The highest BCUT2D eigenvalue weighted by Gasteiger charge is 2.25. The van der Waals surface area contributed by atoms with Crippen molar-refractivity contribution in [2.24, 2.45) is 0 Å². The minimum atomic E-state index is 0.359. The van der Waals surface area contributed by atoms with Gasteiger partial charge >= 0.3 is 0 Å². The summed E-state index contributed by atoms with van der Waals surface area (Å²) < 4.78 is 6.08. The molecule has 1 fully saturated rings. The predicted octanol–water partition coefficient (Wildman–Crippen LogP) is 4.12. The maximum absolute atomic E-state index is 6.27. The summed E-state index contributed by atoms with van der Waals surface area (Å²) in [6.07, 6.45) is 5.84. The zero-order valence-corrected chi connectivity index (χ0v) is 16.7. The summed E-state index contributed by atoms with van der Waals surface area (Å²) >= 11 is 6.27. The summed E-state index contributed by atoms with van der Waals surface area (Å²) in [5.74, 6) is 3.01. The maximum atomic E-state index is 6.27. The molecule has 3 aromatic rings. The molecular formula is C21H24ClN5O. The van der Waals surface area contributed by atoms with E-state index >= 15 is 0 Å². The van der Waals surface area contributed by atoms with Crippen LogP contribution in [0.5, 0.6) is 5.75 Å². The van der Waals surface area contributed by atoms with Crippen LogP contribution in [0.25, 0.3) is 0 Å². The molecule has 1 aliphatic heterocycles. The number of likely N-dealkylation sites (tertiary alicyclic amines) is 1. The molecular weight excluding hydrogens is 374 g/mol. The summed E-state index contributed by atoms with van der Waals surface area (Å²) in [6.45, 7) is 5.21. The third kappa shape index (κ3) is 4.69. The number of hydrogen-bond donors (Lipinski definition) is 1. The van der Waals surface area contributed by atoms with Crippen LogP contribution in [0.1, 0.15) is 41.5 Å². The highest BCUT2D eigenvalue weighted by atomic mass is 35.5. The van der Waals surface area contributed by atoms with Gasteiger partial charge in [-0.2, -0.15) is 5.10 Å². The van der Waals surface area contributed by atoms with E-state index in [-0.39, 0.29) is 0 Å². The number of nitrogens with zero attached hydrogens (tertiary/aromatic N) is 4. The number of benzene rings is 1. The van der Waals surface area contributed by atoms with Gasteiger partial charge in [-0.15, -0.1) is 0 Å². The molecule has 1 unspecified atom stereocenters. The molecule has 2 aromatic heterocycles. The fraction of sp³-hybridized carbons (Fsp3) is 0.381. The first kappa shape index (κ1) is 18.9. The van der Waals surface area contributed by atoms with Crippen LogP contribution in [-0.4, -0.2) is 38.2 Å². The van der Waals surface area contributed by atoms with Crippen molar-refractivity contribution in [1.29, 1.82) is 0 Å². The number of halogens is 1. The Kier molecular flexibility index (Phi) is 5.88. The van der Waals surface area contributed by atoms with Crippen LogP contribution in [0.2, 0.25) is 5.02 Å². The number of rotatable bonds is 6. The lowest BCUT2D eigenvalue weighted by molar-refractivity contribution is 0.193. The monoisotopic (exact) mass is 397 g/mol. The van der Waals surface area contributed by atoms with E-state index in [0.717, 1.165) is 66.0 Å². The summed E-state index contributed by atoms with van der Waals surface area (Å²) in [4.78, 5) is 11.1. The standard InChI is InChI=1S/C21H24ClN5O/c1-15-24-21(26-25-15)17-5-3-9-27(12-17)13-18-10-19(22)6-7-20(18)28-14-16-4-2-8-23-11-16/h2,4,6-8,10-11,17H,3,5,9,12-14H2,1H3,(H,24,25,26). The van der Waals surface area contributed by atoms with Gasteiger partial charge in [0, 0.05) is 47.6 Å². The number of ether oxygens (including phenoxy) is 1. The second kappa shape index (κ2) is 8.71. The largest absolute Gasteiger partial charge is 0.489 e. The maximum Gasteiger partial charge on any atom is 0.155 e. The number of pyridine rings is 1. The Bertz CT molecular complexity index is 914. The lowest BCUT2D eigenvalue weighted by Crippen LogP contribution is -2.34. The average molecular weight is 398 g/mol. The molecule has 3 heterocycles. The van der Waals surface area contributed by atoms with Gasteiger partial charge in [0.25, 0.3) is 0 Å². The molecule has 146 valence electrons. The zero-order chi connectivity index (χ0) is 19.3. The number of nitrogens with one attached hydrogen (secondary N) is 1. The average Bonchev–Trinajstić information content (AvgIpc) is 3.15. The molecule has 1 N–H and O–H groups in total. The van der Waals surface area contributed by atoms with Crippen LogP contribution < -0.4 is 4.74 Å². The number of aromatic nitrogens is 4. The molecule has 0 radical (unpaired) electrons. The Morgan fingerprint density at radius 3 is 3.04 bits per heavy atom. The van der Waals surface area contributed by atoms with Crippen molar-refractivity contribution in [2.45, 2.75) is 38.8 Å². The number of piperidine rings is 1. The summed E-state index contributed by atoms with van der Waals surface area (Å²) in [6, 6.07) is 9.75. The summed E-state index contributed by atoms with van der Waals surface area (Å²) in [5, 5.41) is 8.04. The Balaban J connectivity index is 1.45. The number of H-pyrrole nitrogens is 1. The van der Waals surface area contributed by atoms with E-state index < -0.39 is 0 Å². The first-order chi connectivity index (χ1) is 13.7. The summed E-state index contributed by atoms with van der Waals surface area (Å²) in [5.41, 5.74) is 2.14. The van der Waals surface area contributed by atoms with Crippen LogP contribution in [0.3, 0.4) is 0 Å². The Morgan fingerprint density at radius 1 is 1.32 bits per heavy atom. The quantitative estimate of drug-likeness (QED) is 0.677. The Hall–Kier alpha value is -2.44. The molecule has 7 heteroatoms. The molecule has 0 amide bonds. The number of hydrogen-bond acceptors (Lipinski definition) is 5. The first-order valence-electron chi connectivity index (χ1n) is 9.59. The highest BCUT2D eigenvalue weighted by Crippen LogP contribution is 2.29. The van der Waals surface area contributed by atoms with Crippen LogP contribution in [0, 0.1) is 6.92 Å². The Labute approximate surface area is 169 Å². The molecule has 0 aliphatic carbocycles. The lowest BCUT2D eigenvalue weighted by atomic mass is 9.97. The lowest BCUT2D eigenvalue weighted by Gasteiger charge is -2.31. The highest BCUT2D eigenvalue weighted by molar-refractivity contribution is 6.30. The van der Waals surface area contributed by atoms with Gasteiger partial charge in [-0.1, -0.05) is 17.7 Å². The van der Waals surface area contributed by atoms with Crippen molar-refractivity contribution in [3.05, 3.63) is 70.5 Å². The molecule has 0 spiro atoms. The SMILES string of the molecule is Cc1nc(C2CCCN(Cc3cc(Cl)ccc3OCc3cccnc3)C2)n[nH]1. The molecule has 1 aromatic carbocycles. The third-order valence-electron chi connectivity index (χ3n) is 5.02. The number of aryl methyl sites for hydroxylation is 1. The van der Waals surface area contributed by atoms with Gasteiger partial charge in [-0.3, -0.25) is 15.0 Å². The van der Waals surface area contributed by atoms with E-state index in [1.807, 2.05) is 43.5 Å². The van der Waals surface area contributed by atoms with E-state index in [0.29, 0.717) is 12.5 Å². The molecule has 6 nitrogen and oxygen atoms in total. The van der Waals surface area contributed by atoms with Crippen LogP contribution in [0.15, 0.2) is 42.7 Å². The second-order valence-electron chi connectivity index (χ2n) is 7.26. The van der Waals surface area contributed by atoms with Crippen LogP contribution >= 0.6 is 11.6 Å². The van der Waals surface area contributed by atoms with Gasteiger partial charge in [0.15, 0.2) is 5.82 Å². The third-order valence-corrected chi connectivity index (χ3v) is 5.25. The fourth-order valence-electron chi connectivity index (χ4n) is 3.65. The van der Waals surface area contributed by atoms with Crippen molar-refractivity contribution in [3.63, 3.8) is 0 Å². The fourth-order valence-corrected chi connectivity index (χ4v) is 3.85. The topological polar surface area (TPSA) is 66.9 Å². The second-order valence-corrected chi connectivity index (χ2v) is 7.69. The number of aromatic amines is 1. The Morgan fingerprint density at radius 2 is 2.25 bits per heavy atom. The molecule has 0 bridgehead atoms. The molecule has 28 heavy (non-hydrogen) atoms. The molecule has 1 atom stereocenters. The summed E-state index contributed by atoms with van der Waals surface area (Å²) in [7, 11) is 0. The van der Waals surface area contributed by atoms with Crippen molar-refractivity contribution >= 4 is 11.6 Å². The van der Waals surface area contributed by atoms with Crippen LogP contribution in [0.4, 0.5) is 0 Å². The predicted molar refractivity (Wildman–Crippen MR) is 108 cm³/mol. The molecule has 1 saturated heterocycles. The van der Waals surface area contributed by atoms with Gasteiger partial charge in [0.2, 0.25) is 0 Å². The van der Waals surface area contributed by atoms with E-state index in [1.54, 1.807) is 6.20 Å².